The Bertz CT molecular complexity index is 744. The van der Waals surface area contributed by atoms with Gasteiger partial charge in [0.1, 0.15) is 5.82 Å². The van der Waals surface area contributed by atoms with Gasteiger partial charge in [-0.05, 0) is 29.8 Å². The van der Waals surface area contributed by atoms with Crippen LogP contribution in [-0.4, -0.2) is 14.7 Å². The van der Waals surface area contributed by atoms with Gasteiger partial charge in [-0.1, -0.05) is 23.7 Å². The minimum atomic E-state index is -3.34. The molecule has 0 saturated carbocycles. The normalized spacial score (nSPS) is 11.5. The Morgan fingerprint density at radius 2 is 1.89 bits per heavy atom. The van der Waals surface area contributed by atoms with E-state index in [9.17, 15) is 12.8 Å². The summed E-state index contributed by atoms with van der Waals surface area (Å²) >= 11 is 5.72. The smallest absolute Gasteiger partial charge is 0.175 e. The molecule has 3 nitrogen and oxygen atoms in total. The number of hydrogen-bond acceptors (Lipinski definition) is 3. The van der Waals surface area contributed by atoms with Gasteiger partial charge in [0.25, 0.3) is 0 Å². The van der Waals surface area contributed by atoms with Crippen molar-refractivity contribution >= 4 is 27.1 Å². The third-order valence-corrected chi connectivity index (χ3v) is 4.10. The van der Waals surface area contributed by atoms with E-state index in [4.69, 9.17) is 17.3 Å². The van der Waals surface area contributed by atoms with Crippen molar-refractivity contribution < 1.29 is 12.8 Å². The van der Waals surface area contributed by atoms with Gasteiger partial charge in [0.05, 0.1) is 15.6 Å². The highest BCUT2D eigenvalue weighted by Gasteiger charge is 2.12. The largest absolute Gasteiger partial charge is 0.398 e. The molecule has 0 aromatic heterocycles. The third-order valence-electron chi connectivity index (χ3n) is 2.66. The van der Waals surface area contributed by atoms with Crippen LogP contribution in [0.5, 0.6) is 0 Å². The van der Waals surface area contributed by atoms with E-state index < -0.39 is 15.7 Å². The van der Waals surface area contributed by atoms with E-state index in [1.54, 1.807) is 12.1 Å². The van der Waals surface area contributed by atoms with Crippen molar-refractivity contribution in [1.29, 1.82) is 0 Å². The summed E-state index contributed by atoms with van der Waals surface area (Å²) in [5, 5.41) is 0.125. The van der Waals surface area contributed by atoms with Gasteiger partial charge in [0.2, 0.25) is 0 Å². The Hall–Kier alpha value is -1.59. The molecule has 6 heteroatoms. The summed E-state index contributed by atoms with van der Waals surface area (Å²) in [5.74, 6) is -0.551. The average molecular weight is 300 g/mol. The number of nitrogens with two attached hydrogens (primary N) is 1. The molecule has 100 valence electrons. The SMILES string of the molecule is CS(=O)(=O)c1cccc(-c2cc(N)c(Cl)cc2F)c1. The van der Waals surface area contributed by atoms with Crippen LogP contribution in [0.3, 0.4) is 0 Å². The highest BCUT2D eigenvalue weighted by Crippen LogP contribution is 2.30. The summed E-state index contributed by atoms with van der Waals surface area (Å²) in [5.41, 5.74) is 6.52. The maximum absolute atomic E-state index is 13.9. The van der Waals surface area contributed by atoms with Crippen molar-refractivity contribution in [2.75, 3.05) is 12.0 Å². The van der Waals surface area contributed by atoms with E-state index >= 15 is 0 Å². The molecule has 0 aliphatic rings. The quantitative estimate of drug-likeness (QED) is 0.867. The van der Waals surface area contributed by atoms with Crippen LogP contribution in [0.25, 0.3) is 11.1 Å². The number of nitrogen functional groups attached to an aromatic ring is 1. The Labute approximate surface area is 115 Å². The Kier molecular flexibility index (Phi) is 3.52. The number of rotatable bonds is 2. The number of anilines is 1. The van der Waals surface area contributed by atoms with Crippen molar-refractivity contribution in [1.82, 2.24) is 0 Å². The summed E-state index contributed by atoms with van der Waals surface area (Å²) in [6, 6.07) is 8.52. The minimum Gasteiger partial charge on any atom is -0.398 e. The van der Waals surface area contributed by atoms with Crippen molar-refractivity contribution in [3.63, 3.8) is 0 Å². The molecule has 19 heavy (non-hydrogen) atoms. The highest BCUT2D eigenvalue weighted by atomic mass is 35.5. The average Bonchev–Trinajstić information content (AvgIpc) is 2.33. The molecule has 0 amide bonds. The summed E-state index contributed by atoms with van der Waals surface area (Å²) < 4.78 is 36.8. The molecule has 0 radical (unpaired) electrons. The molecule has 2 rings (SSSR count). The maximum Gasteiger partial charge on any atom is 0.175 e. The zero-order valence-electron chi connectivity index (χ0n) is 10.0. The van der Waals surface area contributed by atoms with E-state index in [0.717, 1.165) is 12.3 Å². The van der Waals surface area contributed by atoms with Crippen LogP contribution in [0.15, 0.2) is 41.3 Å². The summed E-state index contributed by atoms with van der Waals surface area (Å²) in [7, 11) is -3.34. The van der Waals surface area contributed by atoms with E-state index in [1.807, 2.05) is 0 Å². The van der Waals surface area contributed by atoms with Crippen molar-refractivity contribution in [3.05, 3.63) is 47.2 Å². The predicted molar refractivity (Wildman–Crippen MR) is 74.4 cm³/mol. The molecule has 0 aliphatic carbocycles. The molecule has 0 fully saturated rings. The van der Waals surface area contributed by atoms with E-state index in [0.29, 0.717) is 5.56 Å². The first-order chi connectivity index (χ1) is 8.79. The molecule has 0 saturated heterocycles. The first-order valence-corrected chi connectivity index (χ1v) is 7.61. The topological polar surface area (TPSA) is 60.2 Å². The van der Waals surface area contributed by atoms with Crippen LogP contribution in [0.4, 0.5) is 10.1 Å². The summed E-state index contributed by atoms with van der Waals surface area (Å²) in [4.78, 5) is 0.123. The molecule has 2 aromatic rings. The minimum absolute atomic E-state index is 0.123. The van der Waals surface area contributed by atoms with Crippen LogP contribution < -0.4 is 5.73 Å². The lowest BCUT2D eigenvalue weighted by Gasteiger charge is -2.08. The van der Waals surface area contributed by atoms with Crippen LogP contribution in [0.2, 0.25) is 5.02 Å². The summed E-state index contributed by atoms with van der Waals surface area (Å²) in [6.07, 6.45) is 1.10. The van der Waals surface area contributed by atoms with Gasteiger partial charge in [0, 0.05) is 11.8 Å². The van der Waals surface area contributed by atoms with Crippen molar-refractivity contribution in [3.8, 4) is 11.1 Å². The molecule has 0 heterocycles. The zero-order chi connectivity index (χ0) is 14.2. The molecule has 0 spiro atoms. The van der Waals surface area contributed by atoms with Crippen LogP contribution >= 0.6 is 11.6 Å². The van der Waals surface area contributed by atoms with Gasteiger partial charge < -0.3 is 5.73 Å². The second kappa shape index (κ2) is 4.83. The Morgan fingerprint density at radius 3 is 2.53 bits per heavy atom. The lowest BCUT2D eigenvalue weighted by molar-refractivity contribution is 0.602. The predicted octanol–water partition coefficient (Wildman–Crippen LogP) is 3.13. The first-order valence-electron chi connectivity index (χ1n) is 5.34. The van der Waals surface area contributed by atoms with E-state index in [-0.39, 0.29) is 21.2 Å². The number of sulfone groups is 1. The van der Waals surface area contributed by atoms with Crippen LogP contribution in [0.1, 0.15) is 0 Å². The Morgan fingerprint density at radius 1 is 1.21 bits per heavy atom. The van der Waals surface area contributed by atoms with E-state index in [2.05, 4.69) is 0 Å². The lowest BCUT2D eigenvalue weighted by Crippen LogP contribution is -1.97. The second-order valence-electron chi connectivity index (χ2n) is 4.15. The summed E-state index contributed by atoms with van der Waals surface area (Å²) in [6.45, 7) is 0. The lowest BCUT2D eigenvalue weighted by atomic mass is 10.0. The molecule has 0 unspecified atom stereocenters. The fourth-order valence-corrected chi connectivity index (χ4v) is 2.50. The highest BCUT2D eigenvalue weighted by molar-refractivity contribution is 7.90. The fraction of sp³-hybridized carbons (Fsp3) is 0.0769. The zero-order valence-corrected chi connectivity index (χ0v) is 11.6. The Balaban J connectivity index is 2.63. The van der Waals surface area contributed by atoms with Crippen LogP contribution in [0, 0.1) is 5.82 Å². The number of halogens is 2. The fourth-order valence-electron chi connectivity index (χ4n) is 1.68. The molecule has 0 atom stereocenters. The standard InChI is InChI=1S/C13H11ClFNO2S/c1-19(17,18)9-4-2-3-8(5-9)10-6-13(16)11(14)7-12(10)15/h2-7H,16H2,1H3. The number of benzene rings is 2. The molecule has 2 N–H and O–H groups in total. The van der Waals surface area contributed by atoms with Gasteiger partial charge in [-0.3, -0.25) is 0 Å². The molecule has 0 aliphatic heterocycles. The van der Waals surface area contributed by atoms with Crippen LogP contribution in [-0.2, 0) is 9.84 Å². The van der Waals surface area contributed by atoms with Gasteiger partial charge in [-0.15, -0.1) is 0 Å². The van der Waals surface area contributed by atoms with Gasteiger partial charge in [-0.25, -0.2) is 12.8 Å². The van der Waals surface area contributed by atoms with Gasteiger partial charge >= 0.3 is 0 Å². The van der Waals surface area contributed by atoms with E-state index in [1.165, 1.54) is 18.2 Å². The number of hydrogen-bond donors (Lipinski definition) is 1. The van der Waals surface area contributed by atoms with Gasteiger partial charge in [-0.2, -0.15) is 0 Å². The third kappa shape index (κ3) is 2.88. The molecular formula is C13H11ClFNO2S. The van der Waals surface area contributed by atoms with Crippen molar-refractivity contribution in [2.45, 2.75) is 4.90 Å². The molecular weight excluding hydrogens is 289 g/mol. The maximum atomic E-state index is 13.9. The monoisotopic (exact) mass is 299 g/mol. The first kappa shape index (κ1) is 13.8. The molecule has 2 aromatic carbocycles. The van der Waals surface area contributed by atoms with Gasteiger partial charge in [0.15, 0.2) is 9.84 Å². The van der Waals surface area contributed by atoms with Crippen molar-refractivity contribution in [2.24, 2.45) is 0 Å². The second-order valence-corrected chi connectivity index (χ2v) is 6.58. The molecule has 0 bridgehead atoms.